The van der Waals surface area contributed by atoms with Gasteiger partial charge in [-0.05, 0) is 12.1 Å². The second-order valence-electron chi connectivity index (χ2n) is 3.87. The Balaban J connectivity index is 1.90. The summed E-state index contributed by atoms with van der Waals surface area (Å²) in [5.41, 5.74) is 1.26. The highest BCUT2D eigenvalue weighted by Gasteiger charge is 2.14. The summed E-state index contributed by atoms with van der Waals surface area (Å²) >= 11 is 4.01. The highest BCUT2D eigenvalue weighted by atomic mass is 32.2. The number of hydrogen-bond acceptors (Lipinski definition) is 6. The fourth-order valence-corrected chi connectivity index (χ4v) is 4.25. The average Bonchev–Trinajstić information content (AvgIpc) is 2.45. The lowest BCUT2D eigenvalue weighted by atomic mass is 10.3. The molecule has 1 atom stereocenters. The molecule has 0 amide bonds. The first-order valence-electron chi connectivity index (χ1n) is 5.77. The number of thioether (sulfide) groups is 2. The summed E-state index contributed by atoms with van der Waals surface area (Å²) in [4.78, 5) is 15.3. The monoisotopic (exact) mass is 284 g/mol. The molecule has 1 fully saturated rings. The highest BCUT2D eigenvalue weighted by Crippen LogP contribution is 2.24. The van der Waals surface area contributed by atoms with Gasteiger partial charge in [0.15, 0.2) is 0 Å². The van der Waals surface area contributed by atoms with Crippen LogP contribution in [-0.4, -0.2) is 47.1 Å². The van der Waals surface area contributed by atoms with Crippen LogP contribution in [0.5, 0.6) is 0 Å². The van der Waals surface area contributed by atoms with E-state index in [1.807, 2.05) is 29.6 Å². The van der Waals surface area contributed by atoms with Crippen LogP contribution in [0.25, 0.3) is 0 Å². The summed E-state index contributed by atoms with van der Waals surface area (Å²) in [6.45, 7) is 0.919. The predicted octanol–water partition coefficient (Wildman–Crippen LogP) is 2.13. The van der Waals surface area contributed by atoms with Crippen LogP contribution in [0.2, 0.25) is 0 Å². The summed E-state index contributed by atoms with van der Waals surface area (Å²) in [7, 11) is 1.36. The van der Waals surface area contributed by atoms with Crippen molar-refractivity contribution >= 4 is 35.2 Å². The molecule has 4 nitrogen and oxygen atoms in total. The molecule has 0 aliphatic carbocycles. The molecular weight excluding hydrogens is 268 g/mol. The van der Waals surface area contributed by atoms with E-state index < -0.39 is 5.97 Å². The number of esters is 1. The number of rotatable bonds is 4. The van der Waals surface area contributed by atoms with Crippen LogP contribution >= 0.6 is 23.5 Å². The fourth-order valence-electron chi connectivity index (χ4n) is 1.64. The summed E-state index contributed by atoms with van der Waals surface area (Å²) in [5.74, 6) is 3.26. The largest absolute Gasteiger partial charge is 0.464 e. The van der Waals surface area contributed by atoms with Gasteiger partial charge in [-0.2, -0.15) is 23.5 Å². The van der Waals surface area contributed by atoms with Crippen molar-refractivity contribution in [3.63, 3.8) is 0 Å². The number of hydrogen-bond donors (Lipinski definition) is 1. The number of carbonyl (C=O) groups is 1. The van der Waals surface area contributed by atoms with Crippen LogP contribution < -0.4 is 5.32 Å². The summed E-state index contributed by atoms with van der Waals surface area (Å²) < 4.78 is 4.65. The van der Waals surface area contributed by atoms with Crippen molar-refractivity contribution in [1.29, 1.82) is 0 Å². The number of pyridine rings is 1. The van der Waals surface area contributed by atoms with Gasteiger partial charge in [0.2, 0.25) is 0 Å². The van der Waals surface area contributed by atoms with Gasteiger partial charge in [0.05, 0.1) is 7.11 Å². The van der Waals surface area contributed by atoms with Gasteiger partial charge in [0.25, 0.3) is 0 Å². The number of anilines is 1. The molecule has 0 bridgehead atoms. The van der Waals surface area contributed by atoms with Gasteiger partial charge in [-0.25, -0.2) is 9.78 Å². The van der Waals surface area contributed by atoms with E-state index in [0.29, 0.717) is 10.9 Å². The zero-order chi connectivity index (χ0) is 12.8. The van der Waals surface area contributed by atoms with Crippen LogP contribution in [0.4, 0.5) is 5.69 Å². The molecule has 1 saturated heterocycles. The minimum Gasteiger partial charge on any atom is -0.464 e. The summed E-state index contributed by atoms with van der Waals surface area (Å²) in [6.07, 6.45) is 1.62. The van der Waals surface area contributed by atoms with Crippen LogP contribution in [-0.2, 0) is 4.74 Å². The third-order valence-electron chi connectivity index (χ3n) is 2.57. The molecule has 98 valence electrons. The minimum atomic E-state index is -0.402. The highest BCUT2D eigenvalue weighted by molar-refractivity contribution is 8.06. The first-order valence-corrected chi connectivity index (χ1v) is 7.97. The minimum absolute atomic E-state index is 0.341. The topological polar surface area (TPSA) is 51.2 Å². The van der Waals surface area contributed by atoms with E-state index in [1.165, 1.54) is 24.4 Å². The number of methoxy groups -OCH3 is 1. The van der Waals surface area contributed by atoms with Gasteiger partial charge in [0, 0.05) is 40.9 Å². The first-order chi connectivity index (χ1) is 8.79. The van der Waals surface area contributed by atoms with E-state index >= 15 is 0 Å². The van der Waals surface area contributed by atoms with E-state index in [0.717, 1.165) is 12.2 Å². The van der Waals surface area contributed by atoms with E-state index in [1.54, 1.807) is 12.3 Å². The number of nitrogens with one attached hydrogen (secondary N) is 1. The van der Waals surface area contributed by atoms with Crippen LogP contribution in [0.15, 0.2) is 18.3 Å². The third-order valence-corrected chi connectivity index (χ3v) is 5.42. The summed E-state index contributed by atoms with van der Waals surface area (Å²) in [5, 5.41) is 3.99. The van der Waals surface area contributed by atoms with E-state index in [4.69, 9.17) is 0 Å². The average molecular weight is 284 g/mol. The molecule has 2 heterocycles. The Kier molecular flexibility index (Phi) is 5.19. The summed E-state index contributed by atoms with van der Waals surface area (Å²) in [6, 6.07) is 3.60. The molecule has 1 N–H and O–H groups in total. The third kappa shape index (κ3) is 3.81. The standard InChI is InChI=1S/C12H16N2O2S2/c1-16-12(15)11-6-9(2-3-13-11)14-7-10-8-17-4-5-18-10/h2-3,6,10H,4-5,7-8H2,1H3,(H,13,14). The van der Waals surface area contributed by atoms with Gasteiger partial charge in [0.1, 0.15) is 5.69 Å². The lowest BCUT2D eigenvalue weighted by Gasteiger charge is -2.21. The van der Waals surface area contributed by atoms with Gasteiger partial charge < -0.3 is 10.1 Å². The van der Waals surface area contributed by atoms with Crippen molar-refractivity contribution < 1.29 is 9.53 Å². The molecule has 1 unspecified atom stereocenters. The zero-order valence-electron chi connectivity index (χ0n) is 10.2. The Morgan fingerprint density at radius 2 is 2.50 bits per heavy atom. The molecular formula is C12H16N2O2S2. The molecule has 18 heavy (non-hydrogen) atoms. The Bertz CT molecular complexity index is 409. The van der Waals surface area contributed by atoms with Gasteiger partial charge in [-0.3, -0.25) is 0 Å². The van der Waals surface area contributed by atoms with E-state index in [-0.39, 0.29) is 0 Å². The number of carbonyl (C=O) groups excluding carboxylic acids is 1. The lowest BCUT2D eigenvalue weighted by molar-refractivity contribution is 0.0594. The second kappa shape index (κ2) is 6.89. The maximum atomic E-state index is 11.4. The smallest absolute Gasteiger partial charge is 0.356 e. The maximum absolute atomic E-state index is 11.4. The molecule has 1 aromatic rings. The van der Waals surface area contributed by atoms with E-state index in [9.17, 15) is 4.79 Å². The Labute approximate surface area is 115 Å². The normalized spacial score (nSPS) is 19.3. The Hall–Kier alpha value is -0.880. The zero-order valence-corrected chi connectivity index (χ0v) is 11.9. The molecule has 0 saturated carbocycles. The molecule has 1 aliphatic rings. The van der Waals surface area contributed by atoms with Gasteiger partial charge in [-0.15, -0.1) is 0 Å². The van der Waals surface area contributed by atoms with Gasteiger partial charge >= 0.3 is 5.97 Å². The van der Waals surface area contributed by atoms with Crippen LogP contribution in [0, 0.1) is 0 Å². The molecule has 6 heteroatoms. The maximum Gasteiger partial charge on any atom is 0.356 e. The lowest BCUT2D eigenvalue weighted by Crippen LogP contribution is -2.23. The second-order valence-corrected chi connectivity index (χ2v) is 6.43. The molecule has 0 radical (unpaired) electrons. The van der Waals surface area contributed by atoms with Crippen LogP contribution in [0.1, 0.15) is 10.5 Å². The SMILES string of the molecule is COC(=O)c1cc(NCC2CSCCS2)ccn1. The predicted molar refractivity (Wildman–Crippen MR) is 77.6 cm³/mol. The molecule has 1 aliphatic heterocycles. The quantitative estimate of drug-likeness (QED) is 0.855. The van der Waals surface area contributed by atoms with Crippen molar-refractivity contribution in [1.82, 2.24) is 4.98 Å². The van der Waals surface area contributed by atoms with Crippen molar-refractivity contribution in [2.24, 2.45) is 0 Å². The molecule has 1 aromatic heterocycles. The van der Waals surface area contributed by atoms with Crippen molar-refractivity contribution in [3.8, 4) is 0 Å². The Morgan fingerprint density at radius 3 is 3.22 bits per heavy atom. The van der Waals surface area contributed by atoms with Crippen molar-refractivity contribution in [2.75, 3.05) is 36.2 Å². The molecule has 0 aromatic carbocycles. The molecule has 2 rings (SSSR count). The van der Waals surface area contributed by atoms with Crippen molar-refractivity contribution in [2.45, 2.75) is 5.25 Å². The van der Waals surface area contributed by atoms with E-state index in [2.05, 4.69) is 15.0 Å². The fraction of sp³-hybridized carbons (Fsp3) is 0.500. The van der Waals surface area contributed by atoms with Gasteiger partial charge in [-0.1, -0.05) is 0 Å². The number of nitrogens with zero attached hydrogens (tertiary/aromatic N) is 1. The Morgan fingerprint density at radius 1 is 1.61 bits per heavy atom. The number of ether oxygens (including phenoxy) is 1. The number of aromatic nitrogens is 1. The van der Waals surface area contributed by atoms with Crippen molar-refractivity contribution in [3.05, 3.63) is 24.0 Å². The molecule has 0 spiro atoms. The van der Waals surface area contributed by atoms with Crippen LogP contribution in [0.3, 0.4) is 0 Å². The first kappa shape index (κ1) is 13.5.